The molecule has 5 rings (SSSR count). The molecule has 5 aromatic rings. The summed E-state index contributed by atoms with van der Waals surface area (Å²) in [5, 5.41) is 2.26. The van der Waals surface area contributed by atoms with Gasteiger partial charge in [-0.05, 0) is 24.3 Å². The van der Waals surface area contributed by atoms with E-state index in [0.717, 1.165) is 44.3 Å². The molecule has 2 heterocycles. The highest BCUT2D eigenvalue weighted by Gasteiger charge is 2.06. The molecule has 0 spiro atoms. The average Bonchev–Trinajstić information content (AvgIpc) is 2.73. The highest BCUT2D eigenvalue weighted by molar-refractivity contribution is 5.96. The van der Waals surface area contributed by atoms with Crippen molar-refractivity contribution < 1.29 is 0 Å². The van der Waals surface area contributed by atoms with Crippen molar-refractivity contribution in [3.8, 4) is 22.5 Å². The minimum absolute atomic E-state index is 0.969. The van der Waals surface area contributed by atoms with Crippen molar-refractivity contribution in [1.82, 2.24) is 9.97 Å². The first-order valence-electron chi connectivity index (χ1n) is 8.69. The third-order valence-corrected chi connectivity index (χ3v) is 4.64. The molecule has 0 aliphatic rings. The lowest BCUT2D eigenvalue weighted by atomic mass is 10.1. The first-order valence-corrected chi connectivity index (χ1v) is 8.69. The van der Waals surface area contributed by atoms with Gasteiger partial charge in [-0.3, -0.25) is 0 Å². The Labute approximate surface area is 151 Å². The van der Waals surface area contributed by atoms with Gasteiger partial charge in [0, 0.05) is 21.9 Å². The molecule has 122 valence electrons. The lowest BCUT2D eigenvalue weighted by Crippen LogP contribution is -1.88. The van der Waals surface area contributed by atoms with Gasteiger partial charge < -0.3 is 0 Å². The molecule has 3 aromatic carbocycles. The fraction of sp³-hybridized carbons (Fsp3) is 0. The second-order valence-electron chi connectivity index (χ2n) is 6.36. The van der Waals surface area contributed by atoms with Crippen molar-refractivity contribution in [1.29, 1.82) is 0 Å². The van der Waals surface area contributed by atoms with Crippen LogP contribution in [0.4, 0.5) is 0 Å². The quantitative estimate of drug-likeness (QED) is 0.364. The SMILES string of the molecule is c1ccc(-c2ccc3cc4ccc(-c5ccccc5)nc4cc3n2)cc1. The topological polar surface area (TPSA) is 25.8 Å². The Morgan fingerprint density at radius 1 is 0.423 bits per heavy atom. The van der Waals surface area contributed by atoms with Crippen LogP contribution in [0.3, 0.4) is 0 Å². The second kappa shape index (κ2) is 6.08. The van der Waals surface area contributed by atoms with E-state index in [1.807, 2.05) is 36.4 Å². The number of hydrogen-bond acceptors (Lipinski definition) is 2. The zero-order chi connectivity index (χ0) is 17.3. The number of fused-ring (bicyclic) bond motifs is 2. The van der Waals surface area contributed by atoms with Crippen LogP contribution >= 0.6 is 0 Å². The maximum atomic E-state index is 4.86. The van der Waals surface area contributed by atoms with Crippen LogP contribution in [-0.2, 0) is 0 Å². The Bertz CT molecular complexity index is 1120. The summed E-state index contributed by atoms with van der Waals surface area (Å²) in [5.41, 5.74) is 6.16. The van der Waals surface area contributed by atoms with Gasteiger partial charge in [0.25, 0.3) is 0 Å². The Balaban J connectivity index is 1.67. The van der Waals surface area contributed by atoms with Gasteiger partial charge in [-0.1, -0.05) is 72.8 Å². The summed E-state index contributed by atoms with van der Waals surface area (Å²) in [7, 11) is 0. The van der Waals surface area contributed by atoms with Crippen molar-refractivity contribution >= 4 is 21.8 Å². The van der Waals surface area contributed by atoms with Crippen LogP contribution in [-0.4, -0.2) is 9.97 Å². The van der Waals surface area contributed by atoms with Gasteiger partial charge in [-0.15, -0.1) is 0 Å². The molecule has 0 amide bonds. The van der Waals surface area contributed by atoms with Crippen LogP contribution in [0.2, 0.25) is 0 Å². The van der Waals surface area contributed by atoms with E-state index in [4.69, 9.17) is 9.97 Å². The normalized spacial score (nSPS) is 11.1. The van der Waals surface area contributed by atoms with E-state index in [1.54, 1.807) is 0 Å². The van der Waals surface area contributed by atoms with Crippen LogP contribution in [0.1, 0.15) is 0 Å². The molecule has 0 bridgehead atoms. The summed E-state index contributed by atoms with van der Waals surface area (Å²) in [5.74, 6) is 0. The standard InChI is InChI=1S/C24H16N2/c1-3-7-17(8-4-1)21-13-11-19-15-20-12-14-22(18-9-5-2-6-10-18)26-24(20)16-23(19)25-21/h1-16H. The van der Waals surface area contributed by atoms with Crippen molar-refractivity contribution in [2.75, 3.05) is 0 Å². The third kappa shape index (κ3) is 2.62. The molecular weight excluding hydrogens is 316 g/mol. The summed E-state index contributed by atoms with van der Waals surface area (Å²) >= 11 is 0. The molecule has 0 saturated heterocycles. The van der Waals surface area contributed by atoms with E-state index in [0.29, 0.717) is 0 Å². The Morgan fingerprint density at radius 3 is 1.35 bits per heavy atom. The minimum atomic E-state index is 0.969. The average molecular weight is 332 g/mol. The summed E-state index contributed by atoms with van der Waals surface area (Å²) in [6.45, 7) is 0. The summed E-state index contributed by atoms with van der Waals surface area (Å²) < 4.78 is 0. The minimum Gasteiger partial charge on any atom is -0.248 e. The van der Waals surface area contributed by atoms with Gasteiger partial charge >= 0.3 is 0 Å². The first kappa shape index (κ1) is 14.8. The van der Waals surface area contributed by atoms with E-state index in [1.165, 1.54) is 0 Å². The number of benzene rings is 3. The van der Waals surface area contributed by atoms with Crippen LogP contribution in [0.25, 0.3) is 44.3 Å². The molecule has 0 saturated carbocycles. The molecule has 0 aliphatic heterocycles. The molecule has 2 aromatic heterocycles. The molecule has 0 N–H and O–H groups in total. The second-order valence-corrected chi connectivity index (χ2v) is 6.36. The third-order valence-electron chi connectivity index (χ3n) is 4.64. The number of nitrogens with zero attached hydrogens (tertiary/aromatic N) is 2. The molecule has 0 radical (unpaired) electrons. The van der Waals surface area contributed by atoms with Crippen LogP contribution < -0.4 is 0 Å². The predicted octanol–water partition coefficient (Wildman–Crippen LogP) is 6.12. The van der Waals surface area contributed by atoms with Crippen LogP contribution in [0.5, 0.6) is 0 Å². The molecular formula is C24H16N2. The molecule has 0 fully saturated rings. The highest BCUT2D eigenvalue weighted by atomic mass is 14.7. The lowest BCUT2D eigenvalue weighted by Gasteiger charge is -2.07. The summed E-state index contributed by atoms with van der Waals surface area (Å²) in [6, 6.07) is 33.2. The van der Waals surface area contributed by atoms with E-state index in [9.17, 15) is 0 Å². The monoisotopic (exact) mass is 332 g/mol. The smallest absolute Gasteiger partial charge is 0.0731 e. The Morgan fingerprint density at radius 2 is 0.885 bits per heavy atom. The zero-order valence-corrected chi connectivity index (χ0v) is 14.1. The number of rotatable bonds is 2. The Hall–Kier alpha value is -3.52. The maximum absolute atomic E-state index is 4.86. The lowest BCUT2D eigenvalue weighted by molar-refractivity contribution is 1.38. The van der Waals surface area contributed by atoms with Crippen molar-refractivity contribution in [3.05, 3.63) is 97.1 Å². The summed E-state index contributed by atoms with van der Waals surface area (Å²) in [6.07, 6.45) is 0. The zero-order valence-electron chi connectivity index (χ0n) is 14.1. The number of hydrogen-bond donors (Lipinski definition) is 0. The Kier molecular flexibility index (Phi) is 3.46. The van der Waals surface area contributed by atoms with Crippen molar-refractivity contribution in [2.45, 2.75) is 0 Å². The van der Waals surface area contributed by atoms with E-state index in [-0.39, 0.29) is 0 Å². The van der Waals surface area contributed by atoms with Crippen LogP contribution in [0.15, 0.2) is 97.1 Å². The van der Waals surface area contributed by atoms with E-state index >= 15 is 0 Å². The van der Waals surface area contributed by atoms with Crippen LogP contribution in [0, 0.1) is 0 Å². The molecule has 2 heteroatoms. The van der Waals surface area contributed by atoms with Gasteiger partial charge in [0.1, 0.15) is 0 Å². The molecule has 26 heavy (non-hydrogen) atoms. The van der Waals surface area contributed by atoms with Gasteiger partial charge in [0.15, 0.2) is 0 Å². The van der Waals surface area contributed by atoms with Gasteiger partial charge in [-0.2, -0.15) is 0 Å². The first-order chi connectivity index (χ1) is 12.9. The molecule has 2 nitrogen and oxygen atoms in total. The fourth-order valence-corrected chi connectivity index (χ4v) is 3.28. The molecule has 0 atom stereocenters. The van der Waals surface area contributed by atoms with E-state index < -0.39 is 0 Å². The number of aromatic nitrogens is 2. The largest absolute Gasteiger partial charge is 0.248 e. The predicted molar refractivity (Wildman–Crippen MR) is 108 cm³/mol. The molecule has 0 aliphatic carbocycles. The maximum Gasteiger partial charge on any atom is 0.0731 e. The van der Waals surface area contributed by atoms with E-state index in [2.05, 4.69) is 60.7 Å². The highest BCUT2D eigenvalue weighted by Crippen LogP contribution is 2.26. The van der Waals surface area contributed by atoms with Gasteiger partial charge in [0.2, 0.25) is 0 Å². The van der Waals surface area contributed by atoms with Gasteiger partial charge in [-0.25, -0.2) is 9.97 Å². The number of pyridine rings is 2. The van der Waals surface area contributed by atoms with Gasteiger partial charge in [0.05, 0.1) is 22.4 Å². The fourth-order valence-electron chi connectivity index (χ4n) is 3.28. The van der Waals surface area contributed by atoms with Crippen molar-refractivity contribution in [2.24, 2.45) is 0 Å². The van der Waals surface area contributed by atoms with Crippen molar-refractivity contribution in [3.63, 3.8) is 0 Å². The molecule has 0 unspecified atom stereocenters. The summed E-state index contributed by atoms with van der Waals surface area (Å²) in [4.78, 5) is 9.72.